The van der Waals surface area contributed by atoms with Gasteiger partial charge in [0.25, 0.3) is 0 Å². The maximum absolute atomic E-state index is 11.1. The van der Waals surface area contributed by atoms with Gasteiger partial charge in [-0.15, -0.1) is 0 Å². The van der Waals surface area contributed by atoms with Gasteiger partial charge < -0.3 is 0 Å². The van der Waals surface area contributed by atoms with E-state index in [9.17, 15) is 4.79 Å². The Morgan fingerprint density at radius 3 is 2.85 bits per heavy atom. The fourth-order valence-corrected chi connectivity index (χ4v) is 1.99. The molecule has 0 aliphatic heterocycles. The Morgan fingerprint density at radius 1 is 1.62 bits per heavy atom. The van der Waals surface area contributed by atoms with Crippen molar-refractivity contribution in [2.24, 2.45) is 17.8 Å². The molecule has 0 N–H and O–H groups in total. The second-order valence-corrected chi connectivity index (χ2v) is 4.37. The fraction of sp³-hybridized carbons (Fsp3) is 0.750. The van der Waals surface area contributed by atoms with Gasteiger partial charge in [-0.3, -0.25) is 4.79 Å². The number of hydrogen-bond acceptors (Lipinski definition) is 1. The summed E-state index contributed by atoms with van der Waals surface area (Å²) in [5.74, 6) is 1.97. The largest absolute Gasteiger partial charge is 0.300 e. The van der Waals surface area contributed by atoms with E-state index in [1.54, 1.807) is 6.92 Å². The quantitative estimate of drug-likeness (QED) is 0.609. The molecule has 0 aromatic carbocycles. The number of ketones is 1. The van der Waals surface area contributed by atoms with Gasteiger partial charge in [-0.05, 0) is 38.0 Å². The van der Waals surface area contributed by atoms with Crippen molar-refractivity contribution in [2.45, 2.75) is 40.0 Å². The highest BCUT2D eigenvalue weighted by Crippen LogP contribution is 2.30. The topological polar surface area (TPSA) is 17.1 Å². The van der Waals surface area contributed by atoms with Gasteiger partial charge in [0.1, 0.15) is 5.78 Å². The Bertz CT molecular complexity index is 205. The van der Waals surface area contributed by atoms with Crippen LogP contribution in [0.25, 0.3) is 0 Å². The molecule has 1 heteroatoms. The number of carbonyl (C=O) groups excluding carboxylic acids is 1. The van der Waals surface area contributed by atoms with E-state index in [1.807, 2.05) is 6.92 Å². The Kier molecular flexibility index (Phi) is 3.71. The number of Topliss-reactive ketones (excluding diaryl/α,β-unsaturated/α-hetero) is 1. The average molecular weight is 180 g/mol. The van der Waals surface area contributed by atoms with Crippen molar-refractivity contribution in [1.29, 1.82) is 0 Å². The molecule has 2 unspecified atom stereocenters. The molecule has 0 radical (unpaired) electrons. The second-order valence-electron chi connectivity index (χ2n) is 4.37. The van der Waals surface area contributed by atoms with Crippen molar-refractivity contribution in [3.8, 4) is 0 Å². The first-order chi connectivity index (χ1) is 6.11. The molecule has 0 aromatic rings. The van der Waals surface area contributed by atoms with Crippen molar-refractivity contribution in [1.82, 2.24) is 0 Å². The van der Waals surface area contributed by atoms with E-state index < -0.39 is 0 Å². The minimum absolute atomic E-state index is 0.249. The van der Waals surface area contributed by atoms with Gasteiger partial charge >= 0.3 is 0 Å². The lowest BCUT2D eigenvalue weighted by Crippen LogP contribution is -2.19. The molecule has 0 bridgehead atoms. The van der Waals surface area contributed by atoms with E-state index in [1.165, 1.54) is 12.8 Å². The zero-order valence-corrected chi connectivity index (χ0v) is 8.92. The number of hydrogen-bond donors (Lipinski definition) is 0. The molecule has 1 nitrogen and oxygen atoms in total. The van der Waals surface area contributed by atoms with Crippen LogP contribution < -0.4 is 0 Å². The minimum atomic E-state index is 0.249. The summed E-state index contributed by atoms with van der Waals surface area (Å²) in [5, 5.41) is 0. The van der Waals surface area contributed by atoms with Crippen LogP contribution in [-0.4, -0.2) is 5.78 Å². The van der Waals surface area contributed by atoms with E-state index in [4.69, 9.17) is 0 Å². The number of carbonyl (C=O) groups is 1. The Morgan fingerprint density at radius 2 is 2.31 bits per heavy atom. The summed E-state index contributed by atoms with van der Waals surface area (Å²) in [7, 11) is 0. The van der Waals surface area contributed by atoms with Crippen LogP contribution in [0.1, 0.15) is 40.0 Å². The van der Waals surface area contributed by atoms with Crippen LogP contribution in [0.15, 0.2) is 12.2 Å². The van der Waals surface area contributed by atoms with Crippen molar-refractivity contribution in [2.75, 3.05) is 0 Å². The third kappa shape index (κ3) is 2.98. The van der Waals surface area contributed by atoms with Crippen LogP contribution in [0, 0.1) is 17.8 Å². The zero-order valence-electron chi connectivity index (χ0n) is 8.92. The van der Waals surface area contributed by atoms with Gasteiger partial charge in [-0.2, -0.15) is 0 Å². The molecule has 74 valence electrons. The molecule has 0 saturated heterocycles. The van der Waals surface area contributed by atoms with Crippen LogP contribution in [0.5, 0.6) is 0 Å². The maximum Gasteiger partial charge on any atom is 0.132 e. The molecule has 0 fully saturated rings. The SMILES string of the molecule is CC(=O)[C@H](C)CC1CCC=CC1C. The van der Waals surface area contributed by atoms with Gasteiger partial charge in [-0.1, -0.05) is 26.0 Å². The third-order valence-electron chi connectivity index (χ3n) is 3.24. The van der Waals surface area contributed by atoms with Gasteiger partial charge in [0.05, 0.1) is 0 Å². The molecular weight excluding hydrogens is 160 g/mol. The van der Waals surface area contributed by atoms with Crippen molar-refractivity contribution >= 4 is 5.78 Å². The lowest BCUT2D eigenvalue weighted by atomic mass is 9.79. The van der Waals surface area contributed by atoms with Crippen LogP contribution in [0.2, 0.25) is 0 Å². The molecule has 0 heterocycles. The number of allylic oxidation sites excluding steroid dienone is 2. The Labute approximate surface area is 81.2 Å². The summed E-state index contributed by atoms with van der Waals surface area (Å²) in [4.78, 5) is 11.1. The summed E-state index contributed by atoms with van der Waals surface area (Å²) in [6.07, 6.45) is 8.08. The molecule has 1 aliphatic rings. The number of rotatable bonds is 3. The van der Waals surface area contributed by atoms with Crippen LogP contribution >= 0.6 is 0 Å². The van der Waals surface area contributed by atoms with Gasteiger partial charge in [0.2, 0.25) is 0 Å². The predicted molar refractivity (Wildman–Crippen MR) is 55.5 cm³/mol. The average Bonchev–Trinajstić information content (AvgIpc) is 2.08. The highest BCUT2D eigenvalue weighted by Gasteiger charge is 2.21. The van der Waals surface area contributed by atoms with Gasteiger partial charge in [-0.25, -0.2) is 0 Å². The molecule has 3 atom stereocenters. The van der Waals surface area contributed by atoms with E-state index >= 15 is 0 Å². The predicted octanol–water partition coefficient (Wildman–Crippen LogP) is 3.20. The van der Waals surface area contributed by atoms with Crippen molar-refractivity contribution in [3.63, 3.8) is 0 Å². The van der Waals surface area contributed by atoms with E-state index in [0.29, 0.717) is 11.7 Å². The first kappa shape index (κ1) is 10.5. The Hall–Kier alpha value is -0.590. The standard InChI is InChI=1S/C12H20O/c1-9-6-4-5-7-12(9)8-10(2)11(3)13/h4,6,9-10,12H,5,7-8H2,1-3H3/t9?,10-,12?/m1/s1. The van der Waals surface area contributed by atoms with E-state index in [-0.39, 0.29) is 5.92 Å². The highest BCUT2D eigenvalue weighted by atomic mass is 16.1. The fourth-order valence-electron chi connectivity index (χ4n) is 1.99. The van der Waals surface area contributed by atoms with Crippen molar-refractivity contribution < 1.29 is 4.79 Å². The minimum Gasteiger partial charge on any atom is -0.300 e. The van der Waals surface area contributed by atoms with E-state index in [2.05, 4.69) is 19.1 Å². The first-order valence-corrected chi connectivity index (χ1v) is 5.28. The summed E-state index contributed by atoms with van der Waals surface area (Å²) >= 11 is 0. The molecular formula is C12H20O. The highest BCUT2D eigenvalue weighted by molar-refractivity contribution is 5.77. The lowest BCUT2D eigenvalue weighted by molar-refractivity contribution is -0.120. The zero-order chi connectivity index (χ0) is 9.84. The molecule has 0 saturated carbocycles. The summed E-state index contributed by atoms with van der Waals surface area (Å²) in [5.41, 5.74) is 0. The van der Waals surface area contributed by atoms with Crippen LogP contribution in [0.3, 0.4) is 0 Å². The van der Waals surface area contributed by atoms with Gasteiger partial charge in [0, 0.05) is 5.92 Å². The summed E-state index contributed by atoms with van der Waals surface area (Å²) in [6, 6.07) is 0. The molecule has 0 amide bonds. The monoisotopic (exact) mass is 180 g/mol. The Balaban J connectivity index is 2.44. The third-order valence-corrected chi connectivity index (χ3v) is 3.24. The van der Waals surface area contributed by atoms with Crippen LogP contribution in [0.4, 0.5) is 0 Å². The maximum atomic E-state index is 11.1. The first-order valence-electron chi connectivity index (χ1n) is 5.28. The van der Waals surface area contributed by atoms with Crippen LogP contribution in [-0.2, 0) is 4.79 Å². The molecule has 0 spiro atoms. The normalized spacial score (nSPS) is 30.1. The molecule has 0 aromatic heterocycles. The summed E-state index contributed by atoms with van der Waals surface area (Å²) < 4.78 is 0. The molecule has 1 aliphatic carbocycles. The van der Waals surface area contributed by atoms with Crippen molar-refractivity contribution in [3.05, 3.63) is 12.2 Å². The lowest BCUT2D eigenvalue weighted by Gasteiger charge is -2.26. The van der Waals surface area contributed by atoms with Gasteiger partial charge in [0.15, 0.2) is 0 Å². The molecule has 13 heavy (non-hydrogen) atoms. The second kappa shape index (κ2) is 4.59. The van der Waals surface area contributed by atoms with E-state index in [0.717, 1.165) is 12.3 Å². The molecule has 1 rings (SSSR count). The summed E-state index contributed by atoms with van der Waals surface area (Å²) in [6.45, 7) is 6.01. The smallest absolute Gasteiger partial charge is 0.132 e.